The second kappa shape index (κ2) is 8.36. The van der Waals surface area contributed by atoms with Gasteiger partial charge in [-0.2, -0.15) is 0 Å². The molecule has 0 spiro atoms. The zero-order chi connectivity index (χ0) is 15.8. The van der Waals surface area contributed by atoms with Crippen LogP contribution in [0.1, 0.15) is 25.7 Å². The highest BCUT2D eigenvalue weighted by Gasteiger charge is 2.32. The highest BCUT2D eigenvalue weighted by atomic mass is 32.2. The van der Waals surface area contributed by atoms with Crippen LogP contribution in [0.15, 0.2) is 41.8 Å². The summed E-state index contributed by atoms with van der Waals surface area (Å²) in [6.07, 6.45) is 5.92. The molecule has 2 rings (SSSR count). The Labute approximate surface area is 136 Å². The van der Waals surface area contributed by atoms with E-state index in [0.29, 0.717) is 0 Å². The molecule has 1 fully saturated rings. The van der Waals surface area contributed by atoms with Crippen molar-refractivity contribution < 1.29 is 9.90 Å². The number of anilines is 1. The van der Waals surface area contributed by atoms with Gasteiger partial charge in [0.25, 0.3) is 0 Å². The molecule has 0 bridgehead atoms. The molecule has 0 aromatic heterocycles. The van der Waals surface area contributed by atoms with Gasteiger partial charge in [0.05, 0.1) is 18.8 Å². The van der Waals surface area contributed by atoms with Gasteiger partial charge in [-0.3, -0.25) is 4.79 Å². The number of carbonyl (C=O) groups is 1. The molecule has 120 valence electrons. The molecule has 4 nitrogen and oxygen atoms in total. The molecule has 0 saturated heterocycles. The van der Waals surface area contributed by atoms with Crippen LogP contribution < -0.4 is 10.6 Å². The van der Waals surface area contributed by atoms with Gasteiger partial charge in [0.15, 0.2) is 0 Å². The number of amides is 1. The first-order chi connectivity index (χ1) is 10.7. The number of hydrogen-bond donors (Lipinski definition) is 3. The smallest absolute Gasteiger partial charge is 0.238 e. The van der Waals surface area contributed by atoms with Crippen molar-refractivity contribution in [1.82, 2.24) is 5.32 Å². The molecule has 1 aromatic rings. The topological polar surface area (TPSA) is 61.4 Å². The zero-order valence-corrected chi connectivity index (χ0v) is 13.6. The first-order valence-corrected chi connectivity index (χ1v) is 8.66. The number of aliphatic hydroxyl groups is 1. The van der Waals surface area contributed by atoms with Gasteiger partial charge < -0.3 is 15.7 Å². The van der Waals surface area contributed by atoms with Gasteiger partial charge in [-0.05, 0) is 25.0 Å². The van der Waals surface area contributed by atoms with E-state index in [2.05, 4.69) is 17.2 Å². The molecule has 3 N–H and O–H groups in total. The minimum Gasteiger partial charge on any atom is -0.394 e. The highest BCUT2D eigenvalue weighted by molar-refractivity contribution is 7.99. The normalized spacial score (nSPS) is 16.4. The monoisotopic (exact) mass is 320 g/mol. The quantitative estimate of drug-likeness (QED) is 0.509. The fourth-order valence-corrected chi connectivity index (χ4v) is 3.50. The summed E-state index contributed by atoms with van der Waals surface area (Å²) in [6.45, 7) is 4.03. The molecular weight excluding hydrogens is 296 g/mol. The molecule has 1 aliphatic rings. The largest absolute Gasteiger partial charge is 0.394 e. The predicted molar refractivity (Wildman–Crippen MR) is 92.3 cm³/mol. The summed E-state index contributed by atoms with van der Waals surface area (Å²) >= 11 is 1.64. The molecule has 5 heteroatoms. The maximum atomic E-state index is 12.2. The number of nitrogens with one attached hydrogen (secondary N) is 2. The number of thioether (sulfide) groups is 1. The van der Waals surface area contributed by atoms with Crippen LogP contribution in [0.25, 0.3) is 0 Å². The van der Waals surface area contributed by atoms with Gasteiger partial charge in [-0.25, -0.2) is 0 Å². The second-order valence-corrected chi connectivity index (χ2v) is 6.70. The Bertz CT molecular complexity index is 513. The van der Waals surface area contributed by atoms with Gasteiger partial charge >= 0.3 is 0 Å². The summed E-state index contributed by atoms with van der Waals surface area (Å²) in [5, 5.41) is 15.7. The van der Waals surface area contributed by atoms with Gasteiger partial charge in [0.2, 0.25) is 5.91 Å². The number of rotatable bonds is 8. The molecule has 1 saturated carbocycles. The van der Waals surface area contributed by atoms with Crippen LogP contribution in [0.4, 0.5) is 5.69 Å². The SMILES string of the molecule is C=CCSc1ccccc1NC(=O)CNC1(CO)CCCC1. The highest BCUT2D eigenvalue weighted by Crippen LogP contribution is 2.29. The van der Waals surface area contributed by atoms with Crippen molar-refractivity contribution in [2.24, 2.45) is 0 Å². The molecule has 1 aromatic carbocycles. The molecule has 22 heavy (non-hydrogen) atoms. The van der Waals surface area contributed by atoms with Gasteiger partial charge in [0.1, 0.15) is 0 Å². The predicted octanol–water partition coefficient (Wildman–Crippen LogP) is 2.80. The number of carbonyl (C=O) groups excluding carboxylic acids is 1. The van der Waals surface area contributed by atoms with Gasteiger partial charge in [0, 0.05) is 16.2 Å². The fraction of sp³-hybridized carbons (Fsp3) is 0.471. The lowest BCUT2D eigenvalue weighted by Gasteiger charge is -2.27. The average Bonchev–Trinajstić information content (AvgIpc) is 3.02. The van der Waals surface area contributed by atoms with Crippen LogP contribution in [0, 0.1) is 0 Å². The Morgan fingerprint density at radius 3 is 2.77 bits per heavy atom. The molecule has 0 atom stereocenters. The summed E-state index contributed by atoms with van der Waals surface area (Å²) in [5.41, 5.74) is 0.555. The Balaban J connectivity index is 1.90. The summed E-state index contributed by atoms with van der Waals surface area (Å²) in [5.74, 6) is 0.727. The van der Waals surface area contributed by atoms with Crippen molar-refractivity contribution >= 4 is 23.4 Å². The van der Waals surface area contributed by atoms with Crippen LogP contribution in [-0.4, -0.2) is 35.5 Å². The van der Waals surface area contributed by atoms with E-state index in [-0.39, 0.29) is 24.6 Å². The number of benzene rings is 1. The number of hydrogen-bond acceptors (Lipinski definition) is 4. The zero-order valence-electron chi connectivity index (χ0n) is 12.8. The van der Waals surface area contributed by atoms with E-state index in [0.717, 1.165) is 42.0 Å². The van der Waals surface area contributed by atoms with E-state index >= 15 is 0 Å². The Morgan fingerprint density at radius 1 is 1.36 bits per heavy atom. The summed E-state index contributed by atoms with van der Waals surface area (Å²) in [6, 6.07) is 7.76. The third-order valence-electron chi connectivity index (χ3n) is 4.01. The van der Waals surface area contributed by atoms with Gasteiger partial charge in [-0.15, -0.1) is 18.3 Å². The van der Waals surface area contributed by atoms with Crippen molar-refractivity contribution in [1.29, 1.82) is 0 Å². The maximum Gasteiger partial charge on any atom is 0.238 e. The Hall–Kier alpha value is -1.30. The van der Waals surface area contributed by atoms with Crippen molar-refractivity contribution in [3.63, 3.8) is 0 Å². The summed E-state index contributed by atoms with van der Waals surface area (Å²) in [4.78, 5) is 13.2. The van der Waals surface area contributed by atoms with Crippen LogP contribution in [0.3, 0.4) is 0 Å². The van der Waals surface area contributed by atoms with Gasteiger partial charge in [-0.1, -0.05) is 31.1 Å². The molecule has 0 aliphatic heterocycles. The van der Waals surface area contributed by atoms with Crippen LogP contribution in [0.2, 0.25) is 0 Å². The lowest BCUT2D eigenvalue weighted by molar-refractivity contribution is -0.115. The summed E-state index contributed by atoms with van der Waals surface area (Å²) < 4.78 is 0. The molecule has 0 radical (unpaired) electrons. The average molecular weight is 320 g/mol. The number of para-hydroxylation sites is 1. The minimum absolute atomic E-state index is 0.0774. The lowest BCUT2D eigenvalue weighted by atomic mass is 9.99. The molecular formula is C17H24N2O2S. The van der Waals surface area contributed by atoms with E-state index in [9.17, 15) is 9.90 Å². The molecule has 1 amide bonds. The van der Waals surface area contributed by atoms with Crippen molar-refractivity contribution in [2.75, 3.05) is 24.2 Å². The third-order valence-corrected chi connectivity index (χ3v) is 5.07. The lowest BCUT2D eigenvalue weighted by Crippen LogP contribution is -2.49. The van der Waals surface area contributed by atoms with Crippen LogP contribution >= 0.6 is 11.8 Å². The molecule has 1 aliphatic carbocycles. The fourth-order valence-electron chi connectivity index (χ4n) is 2.75. The molecule has 0 unspecified atom stereocenters. The van der Waals surface area contributed by atoms with Crippen molar-refractivity contribution in [3.8, 4) is 0 Å². The second-order valence-electron chi connectivity index (χ2n) is 5.64. The summed E-state index contributed by atoms with van der Waals surface area (Å²) in [7, 11) is 0. The first-order valence-electron chi connectivity index (χ1n) is 7.67. The molecule has 0 heterocycles. The number of aliphatic hydroxyl groups excluding tert-OH is 1. The van der Waals surface area contributed by atoms with Crippen molar-refractivity contribution in [3.05, 3.63) is 36.9 Å². The van der Waals surface area contributed by atoms with E-state index < -0.39 is 0 Å². The van der Waals surface area contributed by atoms with Crippen LogP contribution in [0.5, 0.6) is 0 Å². The van der Waals surface area contributed by atoms with Crippen molar-refractivity contribution in [2.45, 2.75) is 36.1 Å². The Morgan fingerprint density at radius 2 is 2.09 bits per heavy atom. The van der Waals surface area contributed by atoms with Crippen LogP contribution in [-0.2, 0) is 4.79 Å². The maximum absolute atomic E-state index is 12.2. The minimum atomic E-state index is -0.269. The van der Waals surface area contributed by atoms with E-state index in [1.165, 1.54) is 0 Å². The van der Waals surface area contributed by atoms with E-state index in [4.69, 9.17) is 0 Å². The third kappa shape index (κ3) is 4.60. The Kier molecular flexibility index (Phi) is 6.49. The van der Waals surface area contributed by atoms with E-state index in [1.807, 2.05) is 30.3 Å². The first kappa shape index (κ1) is 17.1. The standard InChI is InChI=1S/C17H24N2O2S/c1-2-11-22-15-8-4-3-7-14(15)19-16(21)12-18-17(13-20)9-5-6-10-17/h2-4,7-8,18,20H,1,5-6,9-13H2,(H,19,21). The van der Waals surface area contributed by atoms with E-state index in [1.54, 1.807) is 11.8 Å².